The summed E-state index contributed by atoms with van der Waals surface area (Å²) in [4.78, 5) is 0. The predicted octanol–water partition coefficient (Wildman–Crippen LogP) is 5.27. The highest BCUT2D eigenvalue weighted by Gasteiger charge is 1.97. The van der Waals surface area contributed by atoms with Crippen molar-refractivity contribution in [2.24, 2.45) is 0 Å². The highest BCUT2D eigenvalue weighted by Crippen LogP contribution is 2.15. The molecule has 0 saturated heterocycles. The molecule has 1 aromatic carbocycles. The molecule has 0 aromatic heterocycles. The van der Waals surface area contributed by atoms with Crippen LogP contribution in [-0.2, 0) is 11.2 Å². The van der Waals surface area contributed by atoms with Crippen molar-refractivity contribution in [1.82, 2.24) is 0 Å². The maximum atomic E-state index is 4.69. The third-order valence-electron chi connectivity index (χ3n) is 2.41. The Balaban J connectivity index is 0. The second-order valence-corrected chi connectivity index (χ2v) is 3.70. The van der Waals surface area contributed by atoms with Gasteiger partial charge in [-0.2, -0.15) is 0 Å². The van der Waals surface area contributed by atoms with Gasteiger partial charge in [-0.15, -0.1) is 0 Å². The number of hydrogen-bond donors (Lipinski definition) is 0. The van der Waals surface area contributed by atoms with Crippen molar-refractivity contribution in [3.8, 4) is 0 Å². The Hall–Kier alpha value is -1.08. The molecule has 0 N–H and O–H groups in total. The van der Waals surface area contributed by atoms with Gasteiger partial charge in [0.05, 0.1) is 0 Å². The molecule has 0 saturated carbocycles. The summed E-state index contributed by atoms with van der Waals surface area (Å²) in [7, 11) is 1.71. The van der Waals surface area contributed by atoms with Crippen molar-refractivity contribution in [1.29, 1.82) is 0 Å². The molecule has 0 unspecified atom stereocenters. The lowest BCUT2D eigenvalue weighted by atomic mass is 10.0. The Morgan fingerprint density at radius 2 is 1.83 bits per heavy atom. The molecule has 1 rings (SSSR count). The molecular formula is C17H30O. The van der Waals surface area contributed by atoms with Crippen LogP contribution in [0.25, 0.3) is 6.08 Å². The van der Waals surface area contributed by atoms with E-state index < -0.39 is 0 Å². The summed E-state index contributed by atoms with van der Waals surface area (Å²) < 4.78 is 4.69. The highest BCUT2D eigenvalue weighted by molar-refractivity contribution is 5.56. The molecule has 0 amide bonds. The monoisotopic (exact) mass is 250 g/mol. The average Bonchev–Trinajstić information content (AvgIpc) is 2.42. The van der Waals surface area contributed by atoms with E-state index >= 15 is 0 Å². The first-order chi connectivity index (χ1) is 8.71. The summed E-state index contributed by atoms with van der Waals surface area (Å²) in [6.45, 7) is 15.1. The van der Waals surface area contributed by atoms with Gasteiger partial charge in [0.25, 0.3) is 0 Å². The van der Waals surface area contributed by atoms with Crippen molar-refractivity contribution in [3.05, 3.63) is 41.5 Å². The van der Waals surface area contributed by atoms with E-state index in [1.165, 1.54) is 16.7 Å². The van der Waals surface area contributed by atoms with Gasteiger partial charge < -0.3 is 4.74 Å². The van der Waals surface area contributed by atoms with Crippen LogP contribution >= 0.6 is 0 Å². The van der Waals surface area contributed by atoms with Crippen molar-refractivity contribution >= 4 is 6.08 Å². The molecular weight excluding hydrogens is 220 g/mol. The number of ether oxygens (including phenoxy) is 1. The molecule has 0 aliphatic carbocycles. The van der Waals surface area contributed by atoms with Crippen LogP contribution in [-0.4, -0.2) is 13.7 Å². The fourth-order valence-electron chi connectivity index (χ4n) is 1.55. The number of hydrogen-bond acceptors (Lipinski definition) is 1. The van der Waals surface area contributed by atoms with E-state index in [1.807, 2.05) is 19.9 Å². The molecule has 0 atom stereocenters. The Morgan fingerprint density at radius 1 is 1.22 bits per heavy atom. The normalized spacial score (nSPS) is 8.56. The molecule has 1 heteroatoms. The lowest BCUT2D eigenvalue weighted by molar-refractivity contribution is 0.199. The van der Waals surface area contributed by atoms with Gasteiger partial charge >= 0.3 is 0 Å². The van der Waals surface area contributed by atoms with Gasteiger partial charge in [-0.1, -0.05) is 58.5 Å². The van der Waals surface area contributed by atoms with Crippen LogP contribution in [0.15, 0.2) is 24.8 Å². The van der Waals surface area contributed by atoms with Crippen LogP contribution in [0.5, 0.6) is 0 Å². The van der Waals surface area contributed by atoms with Gasteiger partial charge in [-0.3, -0.25) is 0 Å². The first kappa shape index (κ1) is 19.3. The zero-order valence-corrected chi connectivity index (χ0v) is 13.0. The van der Waals surface area contributed by atoms with Crippen molar-refractivity contribution in [2.75, 3.05) is 13.7 Å². The summed E-state index contributed by atoms with van der Waals surface area (Å²) >= 11 is 0. The number of aryl methyl sites for hydroxylation is 2. The zero-order valence-electron chi connectivity index (χ0n) is 13.0. The Morgan fingerprint density at radius 3 is 2.11 bits per heavy atom. The van der Waals surface area contributed by atoms with E-state index in [0.717, 1.165) is 19.4 Å². The van der Waals surface area contributed by atoms with E-state index in [2.05, 4.69) is 45.5 Å². The van der Waals surface area contributed by atoms with Crippen LogP contribution in [0.1, 0.15) is 50.8 Å². The van der Waals surface area contributed by atoms with Crippen molar-refractivity contribution in [2.45, 2.75) is 47.5 Å². The van der Waals surface area contributed by atoms with Crippen LogP contribution < -0.4 is 0 Å². The highest BCUT2D eigenvalue weighted by atomic mass is 16.5. The van der Waals surface area contributed by atoms with Crippen LogP contribution in [0.4, 0.5) is 0 Å². The Bertz CT molecular complexity index is 300. The molecule has 0 fully saturated rings. The smallest absolute Gasteiger partial charge is 0.0459 e. The van der Waals surface area contributed by atoms with E-state index in [1.54, 1.807) is 7.11 Å². The van der Waals surface area contributed by atoms with E-state index in [9.17, 15) is 0 Å². The average molecular weight is 250 g/mol. The third-order valence-corrected chi connectivity index (χ3v) is 2.41. The molecule has 0 spiro atoms. The van der Waals surface area contributed by atoms with Gasteiger partial charge in [0.1, 0.15) is 0 Å². The minimum Gasteiger partial charge on any atom is -0.385 e. The maximum Gasteiger partial charge on any atom is 0.0459 e. The third kappa shape index (κ3) is 8.08. The van der Waals surface area contributed by atoms with Crippen LogP contribution in [0.3, 0.4) is 0 Å². The number of rotatable bonds is 4. The number of methoxy groups -OCH3 is 1. The maximum absolute atomic E-state index is 4.69. The minimum atomic E-state index is 0.889. The molecule has 0 aliphatic rings. The largest absolute Gasteiger partial charge is 0.385 e. The zero-order chi connectivity index (χ0) is 14.4. The second kappa shape index (κ2) is 14.0. The van der Waals surface area contributed by atoms with Gasteiger partial charge in [0.2, 0.25) is 0 Å². The lowest BCUT2D eigenvalue weighted by Crippen LogP contribution is -1.88. The fraction of sp³-hybridized carbons (Fsp3) is 0.529. The fourth-order valence-corrected chi connectivity index (χ4v) is 1.55. The van der Waals surface area contributed by atoms with Gasteiger partial charge in [-0.05, 0) is 36.5 Å². The first-order valence-electron chi connectivity index (χ1n) is 6.91. The molecule has 0 bridgehead atoms. The van der Waals surface area contributed by atoms with Crippen LogP contribution in [0.2, 0.25) is 0 Å². The summed E-state index contributed by atoms with van der Waals surface area (Å²) in [5.74, 6) is 0. The molecule has 1 aromatic rings. The summed E-state index contributed by atoms with van der Waals surface area (Å²) in [6, 6.07) is 6.38. The standard InChI is InChI=1S/C11H14.C4H10O.C2H6/c1-4-10-8-6-7-9(3)11(10)5-2;1-3-4-5-2;1-2/h5-8H,2,4H2,1,3H3;3-4H2,1-2H3;1-2H3. The molecule has 104 valence electrons. The molecule has 18 heavy (non-hydrogen) atoms. The summed E-state index contributed by atoms with van der Waals surface area (Å²) in [6.07, 6.45) is 4.15. The summed E-state index contributed by atoms with van der Waals surface area (Å²) in [5, 5.41) is 0. The van der Waals surface area contributed by atoms with Crippen LogP contribution in [0, 0.1) is 6.92 Å². The minimum absolute atomic E-state index is 0.889. The topological polar surface area (TPSA) is 9.23 Å². The van der Waals surface area contributed by atoms with E-state index in [4.69, 9.17) is 4.74 Å². The molecule has 0 radical (unpaired) electrons. The molecule has 0 heterocycles. The predicted molar refractivity (Wildman–Crippen MR) is 84.2 cm³/mol. The van der Waals surface area contributed by atoms with Gasteiger partial charge in [0, 0.05) is 13.7 Å². The van der Waals surface area contributed by atoms with E-state index in [0.29, 0.717) is 0 Å². The summed E-state index contributed by atoms with van der Waals surface area (Å²) in [5.41, 5.74) is 4.01. The first-order valence-corrected chi connectivity index (χ1v) is 6.91. The SMILES string of the molecule is C=Cc1c(C)cccc1CC.CC.CCCOC. The van der Waals surface area contributed by atoms with Crippen molar-refractivity contribution < 1.29 is 4.74 Å². The van der Waals surface area contributed by atoms with Gasteiger partial charge in [0.15, 0.2) is 0 Å². The quantitative estimate of drug-likeness (QED) is 0.707. The Kier molecular flexibility index (Phi) is 15.0. The molecule has 0 aliphatic heterocycles. The van der Waals surface area contributed by atoms with E-state index in [-0.39, 0.29) is 0 Å². The lowest BCUT2D eigenvalue weighted by Gasteiger charge is -2.05. The molecule has 1 nitrogen and oxygen atoms in total. The second-order valence-electron chi connectivity index (χ2n) is 3.70. The van der Waals surface area contributed by atoms with Gasteiger partial charge in [-0.25, -0.2) is 0 Å². The van der Waals surface area contributed by atoms with Crippen molar-refractivity contribution in [3.63, 3.8) is 0 Å². The number of benzene rings is 1. The Labute approximate surface area is 114 Å².